The second-order valence-corrected chi connectivity index (χ2v) is 34.8. The van der Waals surface area contributed by atoms with Gasteiger partial charge < -0.3 is 106 Å². The molecule has 6 fully saturated rings. The molecule has 7 aromatic carbocycles. The van der Waals surface area contributed by atoms with Gasteiger partial charge in [-0.15, -0.1) is 0 Å². The minimum absolute atomic E-state index is 0.273. The predicted molar refractivity (Wildman–Crippen MR) is 454 cm³/mol. The van der Waals surface area contributed by atoms with Crippen LogP contribution in [0.15, 0.2) is 232 Å². The lowest BCUT2D eigenvalue weighted by molar-refractivity contribution is -0.468. The Morgan fingerprint density at radius 2 is 0.608 bits per heavy atom. The number of rotatable bonds is 23. The summed E-state index contributed by atoms with van der Waals surface area (Å²) in [7, 11) is 3.08. The average Bonchev–Trinajstić information content (AvgIpc) is 0.733. The number of carbonyl (C=O) groups excluding carboxylic acids is 4. The standard InChI is InChI=1S/C23H26O6S.C19H22O4S.C18H26O6S.C17H21BrO6.C12H16O4S/c1-15-20(28-16(2)24)21(29-17(3)25)22(26-14-18-10-6-4-7-11-18)23(27-15)30-19-12-8-5-9-13-19;1-13-16(20)17(21)18(22-12-14-8-4-2-5-9-14)19(23-13)24-15-10-6-3-7-11-15;1-11-14-15(24-18(3,21-5)17(2,20-4)23-14)13(19)16(22-11)25-12-9-7-6-8-10-12;1-10-14(23-11(2)19)15(24-12(3)20)16(17(18)22-10)21-9-13-7-5-4-6-8-13;1-7-9(13)10(14)11(15)12(16-7)17-8-5-3-2-4-6-8/h4-13,15,20-23H,14H2,1-3H3;2-11,13,16-21H,12H2,1H3;6-11,13-16,19H,1-5H3;4-8,10,14-17H,9H2,1-3H3;2-7,9-15H,1H3/t15-,20-,21+,22+,23-;13-,16-,17+,18+,19-;11-,13+,14-,15-,16-,17+,18+;10-,14-,15+,16+,17+;7-,9-,10+,11+,12-/m00000/s1. The average molecular weight is 1810 g/mol. The zero-order chi connectivity index (χ0) is 86.8. The van der Waals surface area contributed by atoms with E-state index in [-0.39, 0.29) is 11.5 Å². The van der Waals surface area contributed by atoms with E-state index < -0.39 is 173 Å². The number of ether oxygens (including phenoxy) is 16. The van der Waals surface area contributed by atoms with Crippen molar-refractivity contribution in [3.63, 3.8) is 0 Å². The molecule has 0 aromatic heterocycles. The van der Waals surface area contributed by atoms with Crippen molar-refractivity contribution in [1.82, 2.24) is 0 Å². The minimum atomic E-state index is -1.17. The van der Waals surface area contributed by atoms with E-state index in [0.29, 0.717) is 19.8 Å². The summed E-state index contributed by atoms with van der Waals surface area (Å²) < 4.78 is 92.6. The number of hydrogen-bond donors (Lipinski definition) is 6. The van der Waals surface area contributed by atoms with E-state index in [9.17, 15) is 49.8 Å². The molecule has 13 rings (SSSR count). The van der Waals surface area contributed by atoms with Gasteiger partial charge in [0.2, 0.25) is 11.6 Å². The third-order valence-electron chi connectivity index (χ3n) is 20.2. The fraction of sp³-hybridized carbons (Fsp3) is 0.483. The van der Waals surface area contributed by atoms with E-state index in [0.717, 1.165) is 36.3 Å². The van der Waals surface area contributed by atoms with Crippen molar-refractivity contribution in [2.75, 3.05) is 14.2 Å². The lowest BCUT2D eigenvalue weighted by atomic mass is 9.95. The molecule has 120 heavy (non-hydrogen) atoms. The highest BCUT2D eigenvalue weighted by Gasteiger charge is 2.62. The first-order valence-electron chi connectivity index (χ1n) is 39.4. The molecular formula is C89H111BrO26S4. The van der Waals surface area contributed by atoms with Gasteiger partial charge in [-0.2, -0.15) is 0 Å². The SMILES string of the molecule is CC(=O)O[C@@H]1[C@@H](OC(C)=O)[C@H](C)O[C@@H](Br)[C@@H]1OCc1ccccc1.CC(=O)O[C@@H]1[C@@H](OC(C)=O)[C@H](C)O[C@@H](Sc2ccccc2)[C@@H]1OCc1ccccc1.CO[C@]1(C)O[C@@H]2[C@@H](O[C@@]1(C)OC)[C@@H](O)[C@H](Sc1ccccc1)O[C@H]2C.C[C@@H]1O[C@@H](Sc2ccccc2)[C@H](O)[C@H](O)[C@H]1O.C[C@@H]1O[C@@H](Sc2ccccc2)[C@H](OCc2ccccc2)[C@H](O)[C@H]1O. The van der Waals surface area contributed by atoms with Crippen molar-refractivity contribution in [2.24, 2.45) is 0 Å². The zero-order valence-corrected chi connectivity index (χ0v) is 74.0. The smallest absolute Gasteiger partial charge is 0.303 e. The molecular weight excluding hydrogens is 1690 g/mol. The minimum Gasteiger partial charge on any atom is -0.456 e. The maximum atomic E-state index is 11.9. The van der Waals surface area contributed by atoms with Crippen LogP contribution in [0.2, 0.25) is 0 Å². The summed E-state index contributed by atoms with van der Waals surface area (Å²) in [6.07, 6.45) is -14.2. The summed E-state index contributed by atoms with van der Waals surface area (Å²) in [6.45, 7) is 18.7. The number of halogens is 1. The Hall–Kier alpha value is -6.42. The van der Waals surface area contributed by atoms with Gasteiger partial charge >= 0.3 is 23.9 Å². The molecule has 31 heteroatoms. The van der Waals surface area contributed by atoms with Crippen LogP contribution in [0.3, 0.4) is 0 Å². The number of fused-ring (bicyclic) bond motifs is 1. The van der Waals surface area contributed by atoms with Crippen molar-refractivity contribution in [1.29, 1.82) is 0 Å². The van der Waals surface area contributed by atoms with Gasteiger partial charge in [-0.3, -0.25) is 19.2 Å². The van der Waals surface area contributed by atoms with Gasteiger partial charge in [-0.1, -0.05) is 227 Å². The maximum absolute atomic E-state index is 11.9. The normalized spacial score (nSPS) is 33.1. The highest BCUT2D eigenvalue weighted by molar-refractivity contribution is 9.09. The van der Waals surface area contributed by atoms with Crippen LogP contribution < -0.4 is 0 Å². The molecule has 0 saturated carbocycles. The number of esters is 4. The first kappa shape index (κ1) is 97.4. The Bertz CT molecular complexity index is 4180. The molecule has 0 bridgehead atoms. The topological polar surface area (TPSA) is 337 Å². The van der Waals surface area contributed by atoms with Crippen molar-refractivity contribution in [2.45, 2.75) is 276 Å². The van der Waals surface area contributed by atoms with Crippen molar-refractivity contribution in [3.8, 4) is 0 Å². The molecule has 27 atom stereocenters. The largest absolute Gasteiger partial charge is 0.456 e. The lowest BCUT2D eigenvalue weighted by Gasteiger charge is -2.56. The summed E-state index contributed by atoms with van der Waals surface area (Å²) in [5.74, 6) is -4.14. The van der Waals surface area contributed by atoms with Crippen molar-refractivity contribution in [3.05, 3.63) is 229 Å². The molecule has 0 radical (unpaired) electrons. The van der Waals surface area contributed by atoms with Crippen LogP contribution in [-0.2, 0) is 115 Å². The molecule has 0 spiro atoms. The predicted octanol–water partition coefficient (Wildman–Crippen LogP) is 12.4. The van der Waals surface area contributed by atoms with E-state index in [1.807, 2.05) is 219 Å². The highest BCUT2D eigenvalue weighted by Crippen LogP contribution is 2.47. The Labute approximate surface area is 727 Å². The van der Waals surface area contributed by atoms with Crippen LogP contribution >= 0.6 is 63.0 Å². The Kier molecular flexibility index (Phi) is 38.6. The van der Waals surface area contributed by atoms with Gasteiger partial charge in [0.25, 0.3) is 0 Å². The summed E-state index contributed by atoms with van der Waals surface area (Å²) in [4.78, 5) is 50.4. The lowest BCUT2D eigenvalue weighted by Crippen LogP contribution is -2.71. The van der Waals surface area contributed by atoms with E-state index in [1.54, 1.807) is 48.7 Å². The molecule has 0 aliphatic carbocycles. The first-order chi connectivity index (χ1) is 57.4. The van der Waals surface area contributed by atoms with Crippen molar-refractivity contribution < 1.29 is 126 Å². The van der Waals surface area contributed by atoms with E-state index >= 15 is 0 Å². The Morgan fingerprint density at radius 1 is 0.325 bits per heavy atom. The molecule has 654 valence electrons. The molecule has 6 N–H and O–H groups in total. The van der Waals surface area contributed by atoms with Crippen LogP contribution in [0.4, 0.5) is 0 Å². The second kappa shape index (κ2) is 47.6. The quantitative estimate of drug-likeness (QED) is 0.0197. The van der Waals surface area contributed by atoms with Gasteiger partial charge in [-0.25, -0.2) is 0 Å². The van der Waals surface area contributed by atoms with E-state index in [1.165, 1.54) is 81.9 Å². The third-order valence-corrected chi connectivity index (χ3v) is 25.5. The Balaban J connectivity index is 0.000000172. The van der Waals surface area contributed by atoms with E-state index in [4.69, 9.17) is 75.8 Å². The Morgan fingerprint density at radius 3 is 0.992 bits per heavy atom. The zero-order valence-electron chi connectivity index (χ0n) is 69.1. The highest BCUT2D eigenvalue weighted by atomic mass is 79.9. The van der Waals surface area contributed by atoms with Crippen molar-refractivity contribution >= 4 is 86.9 Å². The van der Waals surface area contributed by atoms with Gasteiger partial charge in [0.15, 0.2) is 24.4 Å². The fourth-order valence-electron chi connectivity index (χ4n) is 13.5. The molecule has 6 aliphatic heterocycles. The number of aliphatic hydroxyl groups excluding tert-OH is 6. The molecule has 6 heterocycles. The molecule has 6 aliphatic rings. The summed E-state index contributed by atoms with van der Waals surface area (Å²) >= 11 is 9.20. The fourth-order valence-corrected chi connectivity index (χ4v) is 18.9. The number of hydrogen-bond acceptors (Lipinski definition) is 30. The monoisotopic (exact) mass is 1800 g/mol. The summed E-state index contributed by atoms with van der Waals surface area (Å²) in [6, 6.07) is 68.0. The number of carbonyl (C=O) groups is 4. The van der Waals surface area contributed by atoms with Crippen LogP contribution in [0, 0.1) is 0 Å². The van der Waals surface area contributed by atoms with Gasteiger partial charge in [-0.05, 0) is 114 Å². The number of methoxy groups -OCH3 is 2. The van der Waals surface area contributed by atoms with E-state index in [2.05, 4.69) is 15.9 Å². The van der Waals surface area contributed by atoms with Crippen LogP contribution in [-0.4, -0.2) is 229 Å². The van der Waals surface area contributed by atoms with Crippen LogP contribution in [0.25, 0.3) is 0 Å². The number of aliphatic hydroxyl groups is 6. The van der Waals surface area contributed by atoms with Crippen LogP contribution in [0.1, 0.15) is 92.9 Å². The third kappa shape index (κ3) is 27.8. The number of thioether (sulfide) groups is 4. The molecule has 0 unspecified atom stereocenters. The second-order valence-electron chi connectivity index (χ2n) is 29.2. The molecule has 6 saturated heterocycles. The van der Waals surface area contributed by atoms with Gasteiger partial charge in [0, 0.05) is 61.5 Å². The number of alkyl halides is 1. The summed E-state index contributed by atoms with van der Waals surface area (Å²) in [5.41, 5.74) is 1.10. The van der Waals surface area contributed by atoms with Crippen LogP contribution in [0.5, 0.6) is 0 Å². The van der Waals surface area contributed by atoms with Gasteiger partial charge in [0.05, 0.1) is 50.3 Å². The first-order valence-corrected chi connectivity index (χ1v) is 43.8. The van der Waals surface area contributed by atoms with Gasteiger partial charge in [0.1, 0.15) is 93.9 Å². The summed E-state index contributed by atoms with van der Waals surface area (Å²) in [5, 5.41) is 60.0. The maximum Gasteiger partial charge on any atom is 0.303 e. The molecule has 26 nitrogen and oxygen atoms in total. The number of benzene rings is 7. The molecule has 0 amide bonds. The molecule has 7 aromatic rings.